The van der Waals surface area contributed by atoms with Gasteiger partial charge in [0.2, 0.25) is 0 Å². The number of benzene rings is 2. The number of hydrogen-bond donors (Lipinski definition) is 2. The molecule has 28 heavy (non-hydrogen) atoms. The minimum atomic E-state index is -0.117. The summed E-state index contributed by atoms with van der Waals surface area (Å²) in [6, 6.07) is 17.7. The molecule has 0 saturated carbocycles. The monoisotopic (exact) mass is 378 g/mol. The van der Waals surface area contributed by atoms with Crippen molar-refractivity contribution in [2.45, 2.75) is 13.0 Å². The van der Waals surface area contributed by atoms with Crippen LogP contribution in [0, 0.1) is 0 Å². The molecule has 0 spiro atoms. The van der Waals surface area contributed by atoms with Gasteiger partial charge in [-0.2, -0.15) is 5.10 Å². The average molecular weight is 378 g/mol. The molecule has 0 radical (unpaired) electrons. The van der Waals surface area contributed by atoms with E-state index in [1.807, 2.05) is 72.5 Å². The molecule has 0 fully saturated rings. The number of nitrogens with one attached hydrogen (secondary N) is 2. The Kier molecular flexibility index (Phi) is 6.81. The number of hydrogen-bond acceptors (Lipinski definition) is 4. The van der Waals surface area contributed by atoms with Crippen LogP contribution in [0.25, 0.3) is 11.3 Å². The van der Waals surface area contributed by atoms with Crippen LogP contribution in [-0.2, 0) is 6.54 Å². The van der Waals surface area contributed by atoms with Gasteiger partial charge in [0.25, 0.3) is 5.91 Å². The topological polar surface area (TPSA) is 68.2 Å². The Morgan fingerprint density at radius 2 is 1.93 bits per heavy atom. The summed E-state index contributed by atoms with van der Waals surface area (Å²) in [5, 5.41) is 10.8. The fourth-order valence-corrected chi connectivity index (χ4v) is 2.98. The first-order valence-electron chi connectivity index (χ1n) is 9.40. The highest BCUT2D eigenvalue weighted by Gasteiger charge is 2.18. The smallest absolute Gasteiger partial charge is 0.255 e. The van der Waals surface area contributed by atoms with E-state index in [1.165, 1.54) is 0 Å². The second-order valence-corrected chi connectivity index (χ2v) is 6.52. The van der Waals surface area contributed by atoms with Crippen molar-refractivity contribution >= 4 is 5.91 Å². The first kappa shape index (κ1) is 19.6. The van der Waals surface area contributed by atoms with E-state index in [1.54, 1.807) is 7.11 Å². The Bertz CT molecular complexity index is 906. The predicted octanol–water partition coefficient (Wildman–Crippen LogP) is 2.95. The number of amides is 1. The SMILES string of the molecule is CNCCCNC(=O)c1cn(Cc2ccccc2)nc1-c1cccc(OC)c1. The van der Waals surface area contributed by atoms with Crippen molar-refractivity contribution in [2.24, 2.45) is 0 Å². The first-order valence-corrected chi connectivity index (χ1v) is 9.40. The molecule has 0 saturated heterocycles. The average Bonchev–Trinajstić information content (AvgIpc) is 3.16. The van der Waals surface area contributed by atoms with Gasteiger partial charge in [-0.15, -0.1) is 0 Å². The maximum Gasteiger partial charge on any atom is 0.255 e. The van der Waals surface area contributed by atoms with Crippen LogP contribution in [0.2, 0.25) is 0 Å². The molecule has 0 bridgehead atoms. The molecule has 0 aliphatic rings. The van der Waals surface area contributed by atoms with Gasteiger partial charge in [-0.3, -0.25) is 9.48 Å². The van der Waals surface area contributed by atoms with Gasteiger partial charge in [0.05, 0.1) is 19.2 Å². The molecule has 0 aliphatic carbocycles. The molecule has 146 valence electrons. The van der Waals surface area contributed by atoms with E-state index in [4.69, 9.17) is 9.84 Å². The summed E-state index contributed by atoms with van der Waals surface area (Å²) < 4.78 is 7.14. The van der Waals surface area contributed by atoms with Crippen LogP contribution < -0.4 is 15.4 Å². The van der Waals surface area contributed by atoms with Crippen LogP contribution in [0.15, 0.2) is 60.8 Å². The van der Waals surface area contributed by atoms with Crippen molar-refractivity contribution < 1.29 is 9.53 Å². The molecule has 0 aliphatic heterocycles. The third kappa shape index (κ3) is 4.98. The Morgan fingerprint density at radius 3 is 2.68 bits per heavy atom. The lowest BCUT2D eigenvalue weighted by molar-refractivity contribution is 0.0954. The normalized spacial score (nSPS) is 10.6. The largest absolute Gasteiger partial charge is 0.497 e. The molecule has 3 rings (SSSR count). The van der Waals surface area contributed by atoms with Gasteiger partial charge in [0.15, 0.2) is 0 Å². The quantitative estimate of drug-likeness (QED) is 0.562. The Labute approximate surface area is 165 Å². The van der Waals surface area contributed by atoms with Crippen LogP contribution in [0.5, 0.6) is 5.75 Å². The van der Waals surface area contributed by atoms with Crippen molar-refractivity contribution in [1.29, 1.82) is 0 Å². The van der Waals surface area contributed by atoms with Gasteiger partial charge in [-0.1, -0.05) is 42.5 Å². The van der Waals surface area contributed by atoms with E-state index >= 15 is 0 Å². The summed E-state index contributed by atoms with van der Waals surface area (Å²) in [6.07, 6.45) is 2.68. The van der Waals surface area contributed by atoms with Crippen LogP contribution in [0.4, 0.5) is 0 Å². The van der Waals surface area contributed by atoms with Crippen molar-refractivity contribution in [2.75, 3.05) is 27.2 Å². The minimum absolute atomic E-state index is 0.117. The Balaban J connectivity index is 1.89. The predicted molar refractivity (Wildman–Crippen MR) is 111 cm³/mol. The number of nitrogens with zero attached hydrogens (tertiary/aromatic N) is 2. The van der Waals surface area contributed by atoms with Gasteiger partial charge in [-0.05, 0) is 37.7 Å². The molecule has 1 heterocycles. The number of aromatic nitrogens is 2. The third-order valence-electron chi connectivity index (χ3n) is 4.43. The number of methoxy groups -OCH3 is 1. The van der Waals surface area contributed by atoms with E-state index in [2.05, 4.69) is 10.6 Å². The Hall–Kier alpha value is -3.12. The van der Waals surface area contributed by atoms with Crippen LogP contribution in [-0.4, -0.2) is 42.9 Å². The number of rotatable bonds is 9. The van der Waals surface area contributed by atoms with Crippen molar-refractivity contribution in [3.8, 4) is 17.0 Å². The first-order chi connectivity index (χ1) is 13.7. The Morgan fingerprint density at radius 1 is 1.11 bits per heavy atom. The number of ether oxygens (including phenoxy) is 1. The van der Waals surface area contributed by atoms with E-state index in [-0.39, 0.29) is 5.91 Å². The lowest BCUT2D eigenvalue weighted by Crippen LogP contribution is -2.26. The molecular formula is C22H26N4O2. The second-order valence-electron chi connectivity index (χ2n) is 6.52. The van der Waals surface area contributed by atoms with E-state index in [0.29, 0.717) is 24.3 Å². The molecule has 6 heteroatoms. The third-order valence-corrected chi connectivity index (χ3v) is 4.43. The summed E-state index contributed by atoms with van der Waals surface area (Å²) in [5.74, 6) is 0.615. The molecule has 2 N–H and O–H groups in total. The van der Waals surface area contributed by atoms with E-state index in [9.17, 15) is 4.79 Å². The van der Waals surface area contributed by atoms with Crippen molar-refractivity contribution in [1.82, 2.24) is 20.4 Å². The zero-order valence-corrected chi connectivity index (χ0v) is 16.3. The van der Waals surface area contributed by atoms with Gasteiger partial charge in [0, 0.05) is 18.3 Å². The molecule has 3 aromatic rings. The number of carbonyl (C=O) groups is 1. The highest BCUT2D eigenvalue weighted by atomic mass is 16.5. The number of carbonyl (C=O) groups excluding carboxylic acids is 1. The second kappa shape index (κ2) is 9.71. The fourth-order valence-electron chi connectivity index (χ4n) is 2.98. The van der Waals surface area contributed by atoms with Crippen molar-refractivity contribution in [3.63, 3.8) is 0 Å². The van der Waals surface area contributed by atoms with Gasteiger partial charge in [-0.25, -0.2) is 0 Å². The summed E-state index contributed by atoms with van der Waals surface area (Å²) in [7, 11) is 3.53. The highest BCUT2D eigenvalue weighted by Crippen LogP contribution is 2.26. The summed E-state index contributed by atoms with van der Waals surface area (Å²) in [6.45, 7) is 2.07. The minimum Gasteiger partial charge on any atom is -0.497 e. The highest BCUT2D eigenvalue weighted by molar-refractivity contribution is 5.99. The maximum atomic E-state index is 12.8. The van der Waals surface area contributed by atoms with E-state index < -0.39 is 0 Å². The molecule has 6 nitrogen and oxygen atoms in total. The van der Waals surface area contributed by atoms with Crippen LogP contribution in [0.3, 0.4) is 0 Å². The zero-order chi connectivity index (χ0) is 19.8. The molecule has 1 aromatic heterocycles. The zero-order valence-electron chi connectivity index (χ0n) is 16.3. The van der Waals surface area contributed by atoms with Crippen LogP contribution >= 0.6 is 0 Å². The van der Waals surface area contributed by atoms with Crippen LogP contribution in [0.1, 0.15) is 22.3 Å². The molecule has 1 amide bonds. The lowest BCUT2D eigenvalue weighted by atomic mass is 10.1. The lowest BCUT2D eigenvalue weighted by Gasteiger charge is -2.06. The van der Waals surface area contributed by atoms with Crippen molar-refractivity contribution in [3.05, 3.63) is 71.9 Å². The molecule has 0 atom stereocenters. The standard InChI is InChI=1S/C22H26N4O2/c1-23-12-7-13-24-22(27)20-16-26(15-17-8-4-3-5-9-17)25-21(20)18-10-6-11-19(14-18)28-2/h3-6,8-11,14,16,23H,7,12-13,15H2,1-2H3,(H,24,27). The summed E-state index contributed by atoms with van der Waals surface area (Å²) >= 11 is 0. The molecule has 0 unspecified atom stereocenters. The van der Waals surface area contributed by atoms with Gasteiger partial charge < -0.3 is 15.4 Å². The van der Waals surface area contributed by atoms with Gasteiger partial charge in [0.1, 0.15) is 11.4 Å². The maximum absolute atomic E-state index is 12.8. The summed E-state index contributed by atoms with van der Waals surface area (Å²) in [4.78, 5) is 12.8. The van der Waals surface area contributed by atoms with E-state index in [0.717, 1.165) is 29.8 Å². The fraction of sp³-hybridized carbons (Fsp3) is 0.273. The molecule has 2 aromatic carbocycles. The van der Waals surface area contributed by atoms with Gasteiger partial charge >= 0.3 is 0 Å². The molecular weight excluding hydrogens is 352 g/mol. The summed E-state index contributed by atoms with van der Waals surface area (Å²) in [5.41, 5.74) is 3.20.